The average molecular weight is 457 g/mol. The first kappa shape index (κ1) is 19.4. The lowest BCUT2D eigenvalue weighted by Crippen LogP contribution is -2.41. The van der Waals surface area contributed by atoms with Crippen LogP contribution in [-0.2, 0) is 11.3 Å². The largest absolute Gasteiger partial charge is 0.357 e. The van der Waals surface area contributed by atoms with Gasteiger partial charge < -0.3 is 16.0 Å². The van der Waals surface area contributed by atoms with Gasteiger partial charge in [0.15, 0.2) is 17.4 Å². The van der Waals surface area contributed by atoms with E-state index in [0.29, 0.717) is 25.6 Å². The molecule has 0 aliphatic heterocycles. The molecule has 2 aromatic heterocycles. The van der Waals surface area contributed by atoms with Crippen LogP contribution in [0.15, 0.2) is 29.4 Å². The van der Waals surface area contributed by atoms with Crippen molar-refractivity contribution in [2.24, 2.45) is 10.9 Å². The van der Waals surface area contributed by atoms with Crippen LogP contribution in [0.2, 0.25) is 0 Å². The van der Waals surface area contributed by atoms with Gasteiger partial charge in [-0.2, -0.15) is 0 Å². The first-order valence-electron chi connectivity index (χ1n) is 8.36. The van der Waals surface area contributed by atoms with E-state index in [4.69, 9.17) is 0 Å². The van der Waals surface area contributed by atoms with Crippen molar-refractivity contribution < 1.29 is 4.79 Å². The Hall–Kier alpha value is -1.91. The Kier molecular flexibility index (Phi) is 7.41. The summed E-state index contributed by atoms with van der Waals surface area (Å²) in [5.41, 5.74) is 0.809. The van der Waals surface area contributed by atoms with Crippen LogP contribution in [0.5, 0.6) is 0 Å². The molecule has 9 heteroatoms. The fourth-order valence-corrected chi connectivity index (χ4v) is 2.35. The highest BCUT2D eigenvalue weighted by atomic mass is 127. The van der Waals surface area contributed by atoms with Crippen molar-refractivity contribution in [2.45, 2.75) is 26.3 Å². The molecule has 3 rings (SSSR count). The number of nitrogens with one attached hydrogen (secondary N) is 3. The molecular formula is C16H24IN7O. The zero-order valence-corrected chi connectivity index (χ0v) is 16.6. The number of halogens is 1. The number of nitrogens with zero attached hydrogens (tertiary/aromatic N) is 4. The van der Waals surface area contributed by atoms with Crippen LogP contribution in [0.4, 0.5) is 0 Å². The number of aliphatic imine (C=N–C) groups is 1. The third kappa shape index (κ3) is 5.55. The topological polar surface area (TPSA) is 95.7 Å². The van der Waals surface area contributed by atoms with E-state index >= 15 is 0 Å². The summed E-state index contributed by atoms with van der Waals surface area (Å²) in [6, 6.07) is 5.78. The van der Waals surface area contributed by atoms with Gasteiger partial charge in [-0.1, -0.05) is 6.07 Å². The van der Waals surface area contributed by atoms with Crippen LogP contribution in [-0.4, -0.2) is 46.1 Å². The number of aromatic nitrogens is 3. The molecule has 0 radical (unpaired) electrons. The standard InChI is InChI=1S/C16H23N7O.HI/c1-2-17-16(19-9-8-18-15(24)12-6-7-12)20-11-14-22-21-13-5-3-4-10-23(13)14;/h3-5,10,12H,2,6-9,11H2,1H3,(H,18,24)(H2,17,19,20);1H. The molecule has 1 aliphatic rings. The van der Waals surface area contributed by atoms with Gasteiger partial charge in [0.05, 0.1) is 0 Å². The molecule has 2 heterocycles. The number of hydrogen-bond acceptors (Lipinski definition) is 4. The molecule has 0 unspecified atom stereocenters. The fraction of sp³-hybridized carbons (Fsp3) is 0.500. The Labute approximate surface area is 163 Å². The first-order valence-corrected chi connectivity index (χ1v) is 8.36. The highest BCUT2D eigenvalue weighted by Gasteiger charge is 2.28. The summed E-state index contributed by atoms with van der Waals surface area (Å²) >= 11 is 0. The molecule has 2 aromatic rings. The molecule has 0 aromatic carbocycles. The lowest BCUT2D eigenvalue weighted by atomic mass is 10.4. The first-order chi connectivity index (χ1) is 11.8. The molecule has 0 bridgehead atoms. The lowest BCUT2D eigenvalue weighted by molar-refractivity contribution is -0.122. The van der Waals surface area contributed by atoms with Gasteiger partial charge in [0.2, 0.25) is 5.91 Å². The molecule has 0 saturated heterocycles. The molecule has 0 spiro atoms. The maximum atomic E-state index is 11.6. The van der Waals surface area contributed by atoms with Crippen LogP contribution in [0, 0.1) is 5.92 Å². The zero-order chi connectivity index (χ0) is 16.8. The van der Waals surface area contributed by atoms with Gasteiger partial charge in [-0.25, -0.2) is 4.99 Å². The van der Waals surface area contributed by atoms with Crippen molar-refractivity contribution in [3.63, 3.8) is 0 Å². The van der Waals surface area contributed by atoms with E-state index < -0.39 is 0 Å². The lowest BCUT2D eigenvalue weighted by Gasteiger charge is -2.11. The van der Waals surface area contributed by atoms with Gasteiger partial charge in [-0.15, -0.1) is 34.2 Å². The molecular weight excluding hydrogens is 433 g/mol. The minimum absolute atomic E-state index is 0. The third-order valence-corrected chi connectivity index (χ3v) is 3.77. The van der Waals surface area contributed by atoms with Gasteiger partial charge in [0.25, 0.3) is 0 Å². The van der Waals surface area contributed by atoms with E-state index in [0.717, 1.165) is 30.9 Å². The van der Waals surface area contributed by atoms with Gasteiger partial charge >= 0.3 is 0 Å². The van der Waals surface area contributed by atoms with E-state index in [-0.39, 0.29) is 35.8 Å². The Morgan fingerprint density at radius 3 is 2.80 bits per heavy atom. The van der Waals surface area contributed by atoms with Crippen molar-refractivity contribution in [2.75, 3.05) is 19.6 Å². The Balaban J connectivity index is 0.00000225. The van der Waals surface area contributed by atoms with Gasteiger partial charge in [0, 0.05) is 31.7 Å². The predicted octanol–water partition coefficient (Wildman–Crippen LogP) is 0.929. The van der Waals surface area contributed by atoms with Crippen molar-refractivity contribution in [1.29, 1.82) is 0 Å². The summed E-state index contributed by atoms with van der Waals surface area (Å²) in [5.74, 6) is 1.89. The molecule has 25 heavy (non-hydrogen) atoms. The SMILES string of the molecule is CCNC(=NCc1nnc2ccccn12)NCCNC(=O)C1CC1.I. The molecule has 1 fully saturated rings. The van der Waals surface area contributed by atoms with Crippen molar-refractivity contribution in [3.05, 3.63) is 30.2 Å². The van der Waals surface area contributed by atoms with Crippen molar-refractivity contribution in [1.82, 2.24) is 30.5 Å². The molecule has 0 atom stereocenters. The number of pyridine rings is 1. The number of rotatable bonds is 7. The third-order valence-electron chi connectivity index (χ3n) is 3.77. The summed E-state index contributed by atoms with van der Waals surface area (Å²) in [7, 11) is 0. The number of carbonyl (C=O) groups excluding carboxylic acids is 1. The number of fused-ring (bicyclic) bond motifs is 1. The van der Waals surface area contributed by atoms with Crippen LogP contribution in [0.1, 0.15) is 25.6 Å². The highest BCUT2D eigenvalue weighted by molar-refractivity contribution is 14.0. The van der Waals surface area contributed by atoms with E-state index in [1.807, 2.05) is 35.7 Å². The Morgan fingerprint density at radius 1 is 1.24 bits per heavy atom. The Bertz CT molecular complexity index is 726. The monoisotopic (exact) mass is 457 g/mol. The van der Waals surface area contributed by atoms with E-state index in [2.05, 4.69) is 31.1 Å². The Morgan fingerprint density at radius 2 is 2.04 bits per heavy atom. The maximum absolute atomic E-state index is 11.6. The normalized spacial score (nSPS) is 14.0. The fourth-order valence-electron chi connectivity index (χ4n) is 2.35. The molecule has 3 N–H and O–H groups in total. The van der Waals surface area contributed by atoms with E-state index in [1.54, 1.807) is 0 Å². The summed E-state index contributed by atoms with van der Waals surface area (Å²) in [5, 5.41) is 17.6. The second-order valence-electron chi connectivity index (χ2n) is 5.73. The summed E-state index contributed by atoms with van der Waals surface area (Å²) in [4.78, 5) is 16.1. The van der Waals surface area contributed by atoms with E-state index in [9.17, 15) is 4.79 Å². The summed E-state index contributed by atoms with van der Waals surface area (Å²) in [6.07, 6.45) is 3.97. The zero-order valence-electron chi connectivity index (χ0n) is 14.2. The number of carbonyl (C=O) groups is 1. The maximum Gasteiger partial charge on any atom is 0.223 e. The molecule has 1 amide bonds. The van der Waals surface area contributed by atoms with E-state index in [1.165, 1.54) is 0 Å². The van der Waals surface area contributed by atoms with Crippen molar-refractivity contribution in [3.8, 4) is 0 Å². The number of hydrogen-bond donors (Lipinski definition) is 3. The van der Waals surface area contributed by atoms with Crippen LogP contribution in [0.25, 0.3) is 5.65 Å². The van der Waals surface area contributed by atoms with Crippen LogP contribution >= 0.6 is 24.0 Å². The minimum atomic E-state index is 0. The number of guanidine groups is 1. The van der Waals surface area contributed by atoms with Gasteiger partial charge in [0.1, 0.15) is 6.54 Å². The predicted molar refractivity (Wildman–Crippen MR) is 107 cm³/mol. The van der Waals surface area contributed by atoms with Gasteiger partial charge in [-0.05, 0) is 31.9 Å². The summed E-state index contributed by atoms with van der Waals surface area (Å²) in [6.45, 7) is 4.42. The van der Waals surface area contributed by atoms with Crippen molar-refractivity contribution >= 4 is 41.5 Å². The second kappa shape index (κ2) is 9.54. The summed E-state index contributed by atoms with van der Waals surface area (Å²) < 4.78 is 1.92. The molecule has 1 aliphatic carbocycles. The average Bonchev–Trinajstić information content (AvgIpc) is 3.37. The van der Waals surface area contributed by atoms with Crippen LogP contribution in [0.3, 0.4) is 0 Å². The quantitative estimate of drug-likeness (QED) is 0.249. The molecule has 8 nitrogen and oxygen atoms in total. The molecule has 136 valence electrons. The van der Waals surface area contributed by atoms with Gasteiger partial charge in [-0.3, -0.25) is 9.20 Å². The smallest absolute Gasteiger partial charge is 0.223 e. The number of amides is 1. The second-order valence-corrected chi connectivity index (χ2v) is 5.73. The highest BCUT2D eigenvalue weighted by Crippen LogP contribution is 2.28. The van der Waals surface area contributed by atoms with Crippen LogP contribution < -0.4 is 16.0 Å². The molecule has 1 saturated carbocycles. The minimum Gasteiger partial charge on any atom is -0.357 e.